The normalized spacial score (nSPS) is 11.8. The quantitative estimate of drug-likeness (QED) is 0.117. The Morgan fingerprint density at radius 1 is 0.303 bits per heavy atom. The maximum Gasteiger partial charge on any atom is 0.319 e. The Kier molecular flexibility index (Phi) is 22.3. The molecule has 0 bridgehead atoms. The summed E-state index contributed by atoms with van der Waals surface area (Å²) in [6, 6.07) is 78.5. The molecule has 0 unspecified atom stereocenters. The molecular weight excluding hydrogens is 1830 g/mol. The minimum absolute atomic E-state index is 0.473. The molecule has 15 aromatic heterocycles. The number of nitrogens with zero attached hydrogens (tertiary/aromatic N) is 16. The molecule has 145 heavy (non-hydrogen) atoms. The molecule has 0 aliphatic carbocycles. The maximum absolute atomic E-state index is 6.39. The third-order valence-electron chi connectivity index (χ3n) is 28.4. The fourth-order valence-electron chi connectivity index (χ4n) is 21.3. The molecular formula is C120H109N16O8S+5. The van der Waals surface area contributed by atoms with E-state index in [1.165, 1.54) is 83.0 Å². The van der Waals surface area contributed by atoms with Crippen LogP contribution in [0.5, 0.6) is 0 Å². The molecule has 25 heteroatoms. The van der Waals surface area contributed by atoms with Crippen LogP contribution >= 0.6 is 11.3 Å². The number of aromatic nitrogens is 16. The molecule has 0 atom stereocenters. The monoisotopic (exact) mass is 1930 g/mol. The van der Waals surface area contributed by atoms with E-state index in [2.05, 4.69) is 433 Å². The van der Waals surface area contributed by atoms with E-state index in [-0.39, 0.29) is 0 Å². The molecule has 27 aromatic rings. The van der Waals surface area contributed by atoms with Crippen molar-refractivity contribution in [1.29, 1.82) is 0 Å². The molecule has 718 valence electrons. The average Bonchev–Trinajstić information content (AvgIpc) is 1.58. The highest BCUT2D eigenvalue weighted by molar-refractivity contribution is 7.25. The summed E-state index contributed by atoms with van der Waals surface area (Å²) in [7, 11) is 12.5. The van der Waals surface area contributed by atoms with Gasteiger partial charge >= 0.3 is 11.6 Å². The summed E-state index contributed by atoms with van der Waals surface area (Å²) in [6.07, 6.45) is 12.7. The summed E-state index contributed by atoms with van der Waals surface area (Å²) >= 11 is 1.67. The zero-order valence-electron chi connectivity index (χ0n) is 85.2. The molecule has 0 fully saturated rings. The van der Waals surface area contributed by atoms with E-state index >= 15 is 0 Å². The van der Waals surface area contributed by atoms with Gasteiger partial charge in [0, 0.05) is 50.2 Å². The predicted octanol–water partition coefficient (Wildman–Crippen LogP) is 26.7. The number of aryl methyl sites for hydroxylation is 22. The molecule has 0 amide bonds. The Balaban J connectivity index is 0.000000100. The molecule has 15 heterocycles. The van der Waals surface area contributed by atoms with Crippen LogP contribution in [0, 0.1) is 111 Å². The molecule has 0 N–H and O–H groups in total. The van der Waals surface area contributed by atoms with Gasteiger partial charge in [0.15, 0.2) is 73.4 Å². The van der Waals surface area contributed by atoms with Gasteiger partial charge in [-0.2, -0.15) is 27.8 Å². The Morgan fingerprint density at radius 2 is 0.752 bits per heavy atom. The van der Waals surface area contributed by atoms with Crippen LogP contribution in [-0.4, -0.2) is 52.3 Å². The number of para-hydroxylation sites is 9. The average molecular weight is 1940 g/mol. The van der Waals surface area contributed by atoms with Crippen LogP contribution in [0.3, 0.4) is 0 Å². The largest absolute Gasteiger partial charge is 0.437 e. The van der Waals surface area contributed by atoms with Gasteiger partial charge in [-0.15, -0.1) is 0 Å². The van der Waals surface area contributed by atoms with Gasteiger partial charge in [0.2, 0.25) is 16.2 Å². The lowest BCUT2D eigenvalue weighted by Gasteiger charge is -2.10. The van der Waals surface area contributed by atoms with Crippen LogP contribution in [0.15, 0.2) is 297 Å². The first-order valence-electron chi connectivity index (χ1n) is 48.6. The van der Waals surface area contributed by atoms with E-state index in [4.69, 9.17) is 40.3 Å². The summed E-state index contributed by atoms with van der Waals surface area (Å²) in [4.78, 5) is 23.6. The van der Waals surface area contributed by atoms with Gasteiger partial charge in [0.1, 0.15) is 105 Å². The minimum Gasteiger partial charge on any atom is -0.437 e. The van der Waals surface area contributed by atoms with E-state index in [1.54, 1.807) is 11.3 Å². The number of hydrogen-bond donors (Lipinski definition) is 0. The second kappa shape index (κ2) is 35.4. The Labute approximate surface area is 838 Å². The lowest BCUT2D eigenvalue weighted by atomic mass is 10.0. The summed E-state index contributed by atoms with van der Waals surface area (Å²) in [6.45, 7) is 33.0. The number of furan rings is 4. The van der Waals surface area contributed by atoms with Crippen molar-refractivity contribution in [1.82, 2.24) is 52.3 Å². The zero-order chi connectivity index (χ0) is 100. The Hall–Kier alpha value is -17.3. The van der Waals surface area contributed by atoms with Crippen molar-refractivity contribution in [3.05, 3.63) is 352 Å². The molecule has 0 radical (unpaired) electrons. The smallest absolute Gasteiger partial charge is 0.319 e. The number of imidazole rings is 6. The van der Waals surface area contributed by atoms with Crippen LogP contribution in [0.2, 0.25) is 0 Å². The number of oxazole rings is 4. The second-order valence-corrected chi connectivity index (χ2v) is 39.2. The lowest BCUT2D eigenvalue weighted by Crippen LogP contribution is -2.30. The van der Waals surface area contributed by atoms with Gasteiger partial charge in [0.25, 0.3) is 34.8 Å². The molecule has 0 aliphatic rings. The van der Waals surface area contributed by atoms with E-state index in [1.807, 2.05) is 52.3 Å². The number of benzene rings is 12. The summed E-state index contributed by atoms with van der Waals surface area (Å²) in [5.74, 6) is 9.95. The highest BCUT2D eigenvalue weighted by Crippen LogP contribution is 2.46. The first-order chi connectivity index (χ1) is 70.0. The summed E-state index contributed by atoms with van der Waals surface area (Å²) in [5.41, 5.74) is 38.1. The number of rotatable bonds is 10. The summed E-state index contributed by atoms with van der Waals surface area (Å²) in [5, 5.41) is 5.12. The fraction of sp³-hybridized carbons (Fsp3) is 0.183. The van der Waals surface area contributed by atoms with Crippen LogP contribution in [-0.2, 0) is 42.3 Å². The molecule has 0 saturated carbocycles. The molecule has 27 rings (SSSR count). The first-order valence-corrected chi connectivity index (χ1v) is 49.4. The lowest BCUT2D eigenvalue weighted by molar-refractivity contribution is -0.659. The molecule has 0 spiro atoms. The van der Waals surface area contributed by atoms with Crippen LogP contribution in [0.4, 0.5) is 0 Å². The molecule has 24 nitrogen and oxygen atoms in total. The van der Waals surface area contributed by atoms with Crippen molar-refractivity contribution in [3.63, 3.8) is 0 Å². The van der Waals surface area contributed by atoms with Crippen LogP contribution < -0.4 is 22.8 Å². The van der Waals surface area contributed by atoms with E-state index in [9.17, 15) is 0 Å². The summed E-state index contributed by atoms with van der Waals surface area (Å²) < 4.78 is 73.4. The fourth-order valence-corrected chi connectivity index (χ4v) is 22.4. The van der Waals surface area contributed by atoms with Gasteiger partial charge in [-0.05, 0) is 235 Å². The van der Waals surface area contributed by atoms with Gasteiger partial charge in [0.05, 0.1) is 62.5 Å². The Morgan fingerprint density at radius 3 is 1.34 bits per heavy atom. The number of thiophene rings is 1. The van der Waals surface area contributed by atoms with Crippen molar-refractivity contribution < 1.29 is 58.2 Å². The van der Waals surface area contributed by atoms with Gasteiger partial charge in [-0.3, -0.25) is 0 Å². The van der Waals surface area contributed by atoms with E-state index < -0.39 is 0 Å². The topological polar surface area (TPSA) is 219 Å². The Bertz CT molecular complexity index is 9660. The van der Waals surface area contributed by atoms with Gasteiger partial charge < -0.3 is 39.9 Å². The maximum atomic E-state index is 6.39. The molecule has 0 saturated heterocycles. The highest BCUT2D eigenvalue weighted by atomic mass is 32.1. The van der Waals surface area contributed by atoms with Crippen molar-refractivity contribution in [3.8, 4) is 85.4 Å². The molecule has 0 aliphatic heterocycles. The highest BCUT2D eigenvalue weighted by Gasteiger charge is 2.37. The number of hydrogen-bond acceptors (Lipinski definition) is 14. The zero-order valence-corrected chi connectivity index (χ0v) is 86.0. The van der Waals surface area contributed by atoms with Crippen molar-refractivity contribution in [2.24, 2.45) is 42.3 Å². The van der Waals surface area contributed by atoms with Crippen LogP contribution in [0.25, 0.3) is 217 Å². The van der Waals surface area contributed by atoms with E-state index in [0.29, 0.717) is 40.5 Å². The second-order valence-electron chi connectivity index (χ2n) is 38.2. The van der Waals surface area contributed by atoms with Gasteiger partial charge in [-0.1, -0.05) is 145 Å². The first kappa shape index (κ1) is 91.5. The predicted molar refractivity (Wildman–Crippen MR) is 572 cm³/mol. The minimum atomic E-state index is 0.473. The third kappa shape index (κ3) is 15.1. The standard InChI is InChI=1S/C26H22N3O2.C25H20N3O2.C23H23N4O.C23H22N3O2.C23H22N3OS/c1-15-9-5-6-10-19(15)29-21-12-8-7-11-20(21)28(4)25(29)22-16(2)13-14-18-23-26(31-24(18)22)30-17(3)27-23;1-15-13-14-18-22(30-24-23(18)29-16(2)26-24)21(15)25-27(3)19-11-7-8-12-20(19)28(25)17-9-5-4-6-10-17;1-14-8-6-7-9-18(14)27-13-12-25(4)22(27)19-15(2)10-11-17-20-23(28-21(17)19)26(5)16(3)24-20;2*1-13-7-6-8-14(2)21(13)26-10-9-25(5)22(26)17-12-19-18(11-15(17)3)20-23(28-19)27-16(4)24-20/h5-14H,1-4H3;4-14H,1-3H3;6-13H,1-5H3;2*6-12H,1-5H3/q5*+1. The SMILES string of the molecule is Cc1ccccc1-n1cc[n+](C)c1-c1c(C)ccc2c1oc1c2nc(C)n1C.Cc1nc2c(o1)oc1c(-c3n(-c4ccccc4C)c4ccccc4[n+]3C)c(C)ccc12.Cc1nc2c(o1)oc1cc(-c3n(-c4c(C)cccc4C)cc[n+]3C)c(C)cc12.Cc1nc2c(o1)sc1cc(-c3n(-c4c(C)cccc4C)cc[n+]3C)c(C)cc12.Cc1nc2oc3c(-c4n(-c5ccccc5)c5ccccc5[n+]4C)c(C)ccc3c2o1. The van der Waals surface area contributed by atoms with Gasteiger partial charge in [-0.25, -0.2) is 42.8 Å². The molecule has 12 aromatic carbocycles. The number of fused-ring (bicyclic) bond motifs is 17. The van der Waals surface area contributed by atoms with Crippen molar-refractivity contribution in [2.75, 3.05) is 0 Å². The van der Waals surface area contributed by atoms with Crippen molar-refractivity contribution in [2.45, 2.75) is 111 Å². The van der Waals surface area contributed by atoms with E-state index in [0.717, 1.165) is 184 Å². The van der Waals surface area contributed by atoms with Crippen molar-refractivity contribution >= 4 is 143 Å². The van der Waals surface area contributed by atoms with Crippen LogP contribution in [0.1, 0.15) is 90.6 Å². The third-order valence-corrected chi connectivity index (χ3v) is 29.4.